The number of amides is 1. The minimum absolute atomic E-state index is 0.177. The number of carbonyl (C=O) groups is 1. The Balaban J connectivity index is 2.01. The van der Waals surface area contributed by atoms with E-state index in [9.17, 15) is 13.6 Å². The van der Waals surface area contributed by atoms with Gasteiger partial charge >= 0.3 is 6.09 Å². The third kappa shape index (κ3) is 5.25. The predicted molar refractivity (Wildman–Crippen MR) is 97.1 cm³/mol. The number of benzene rings is 1. The van der Waals surface area contributed by atoms with Crippen molar-refractivity contribution in [1.82, 2.24) is 10.2 Å². The molecular formula is C18H28F2N2O2Si. The molecule has 25 heavy (non-hydrogen) atoms. The summed E-state index contributed by atoms with van der Waals surface area (Å²) in [6, 6.07) is 3.85. The van der Waals surface area contributed by atoms with Gasteiger partial charge in [0.1, 0.15) is 11.6 Å². The number of hydrogen-bond donors (Lipinski definition) is 1. The first kappa shape index (κ1) is 19.8. The minimum Gasteiger partial charge on any atom is -0.450 e. The average molecular weight is 371 g/mol. The normalized spacial score (nSPS) is 21.3. The molecule has 1 aromatic carbocycles. The summed E-state index contributed by atoms with van der Waals surface area (Å²) in [7, 11) is -1.62. The summed E-state index contributed by atoms with van der Waals surface area (Å²) in [6.45, 7) is 9.90. The summed E-state index contributed by atoms with van der Waals surface area (Å²) >= 11 is 0. The van der Waals surface area contributed by atoms with Crippen LogP contribution >= 0.6 is 0 Å². The molecule has 1 aromatic rings. The first-order valence-corrected chi connectivity index (χ1v) is 12.4. The summed E-state index contributed by atoms with van der Waals surface area (Å²) in [5.74, 6) is -1.10. The van der Waals surface area contributed by atoms with Crippen LogP contribution in [0, 0.1) is 11.6 Å². The molecule has 1 saturated heterocycles. The highest BCUT2D eigenvalue weighted by Gasteiger charge is 2.40. The highest BCUT2D eigenvalue weighted by molar-refractivity contribution is 6.77. The zero-order valence-electron chi connectivity index (χ0n) is 15.4. The van der Waals surface area contributed by atoms with Crippen molar-refractivity contribution in [3.63, 3.8) is 0 Å². The van der Waals surface area contributed by atoms with E-state index in [1.807, 2.05) is 11.8 Å². The Labute approximate surface area is 149 Å². The number of nitrogens with zero attached hydrogens (tertiary/aromatic N) is 1. The van der Waals surface area contributed by atoms with Gasteiger partial charge in [0.25, 0.3) is 0 Å². The third-order valence-electron chi connectivity index (χ3n) is 4.70. The molecule has 1 aliphatic heterocycles. The van der Waals surface area contributed by atoms with Crippen molar-refractivity contribution in [3.05, 3.63) is 35.4 Å². The number of ether oxygens (including phenoxy) is 1. The first-order chi connectivity index (χ1) is 11.7. The summed E-state index contributed by atoms with van der Waals surface area (Å²) in [4.78, 5) is 14.1. The quantitative estimate of drug-likeness (QED) is 0.799. The van der Waals surface area contributed by atoms with Crippen LogP contribution in [0.2, 0.25) is 19.6 Å². The van der Waals surface area contributed by atoms with Crippen molar-refractivity contribution in [3.8, 4) is 0 Å². The molecule has 1 heterocycles. The molecule has 0 aliphatic carbocycles. The van der Waals surface area contributed by atoms with Crippen LogP contribution in [-0.4, -0.2) is 43.9 Å². The molecule has 0 spiro atoms. The van der Waals surface area contributed by atoms with Gasteiger partial charge in [-0.1, -0.05) is 25.7 Å². The number of halogens is 2. The van der Waals surface area contributed by atoms with Gasteiger partial charge in [-0.3, -0.25) is 0 Å². The maximum absolute atomic E-state index is 13.8. The van der Waals surface area contributed by atoms with Crippen LogP contribution in [0.4, 0.5) is 13.6 Å². The summed E-state index contributed by atoms with van der Waals surface area (Å²) in [5, 5.41) is 3.37. The van der Waals surface area contributed by atoms with Crippen LogP contribution in [0.5, 0.6) is 0 Å². The van der Waals surface area contributed by atoms with E-state index in [2.05, 4.69) is 25.0 Å². The topological polar surface area (TPSA) is 41.6 Å². The maximum Gasteiger partial charge on any atom is 0.409 e. The molecule has 0 saturated carbocycles. The lowest BCUT2D eigenvalue weighted by Gasteiger charge is -2.44. The van der Waals surface area contributed by atoms with Gasteiger partial charge in [-0.25, -0.2) is 13.6 Å². The standard InChI is InChI=1S/C18H28F2N2O2Si/c1-5-24-18(23)22-9-8-15(11-17(22)25(2,3)4)21-12-13-6-7-14(19)10-16(13)20/h6-7,10,15,17,21H,5,8-9,11-12H2,1-4H3. The maximum atomic E-state index is 13.8. The third-order valence-corrected chi connectivity index (χ3v) is 7.25. The van der Waals surface area contributed by atoms with E-state index in [-0.39, 0.29) is 17.8 Å². The van der Waals surface area contributed by atoms with Gasteiger partial charge in [0.05, 0.1) is 14.7 Å². The summed E-state index contributed by atoms with van der Waals surface area (Å²) < 4.78 is 32.0. The molecule has 1 aliphatic rings. The highest BCUT2D eigenvalue weighted by Crippen LogP contribution is 2.26. The Morgan fingerprint density at radius 3 is 2.68 bits per heavy atom. The number of carbonyl (C=O) groups excluding carboxylic acids is 1. The van der Waals surface area contributed by atoms with E-state index >= 15 is 0 Å². The summed E-state index contributed by atoms with van der Waals surface area (Å²) in [5.41, 5.74) is 0.634. The fraction of sp³-hybridized carbons (Fsp3) is 0.611. The minimum atomic E-state index is -1.62. The van der Waals surface area contributed by atoms with Crippen molar-refractivity contribution >= 4 is 14.2 Å². The van der Waals surface area contributed by atoms with Crippen LogP contribution in [0.25, 0.3) is 0 Å². The molecular weight excluding hydrogens is 342 g/mol. The Morgan fingerprint density at radius 2 is 2.08 bits per heavy atom. The second-order valence-corrected chi connectivity index (χ2v) is 13.0. The van der Waals surface area contributed by atoms with E-state index in [1.54, 1.807) is 0 Å². The van der Waals surface area contributed by atoms with E-state index in [1.165, 1.54) is 12.1 Å². The number of rotatable bonds is 5. The SMILES string of the molecule is CCOC(=O)N1CCC(NCc2ccc(F)cc2F)CC1[Si](C)(C)C. The fourth-order valence-corrected chi connectivity index (χ4v) is 5.48. The molecule has 2 atom stereocenters. The molecule has 7 heteroatoms. The molecule has 1 amide bonds. The van der Waals surface area contributed by atoms with E-state index in [0.29, 0.717) is 25.3 Å². The Hall–Kier alpha value is -1.47. The van der Waals surface area contributed by atoms with Crippen LogP contribution in [0.3, 0.4) is 0 Å². The number of piperidine rings is 1. The van der Waals surface area contributed by atoms with Crippen molar-refractivity contribution in [2.24, 2.45) is 0 Å². The molecule has 140 valence electrons. The van der Waals surface area contributed by atoms with Crippen LogP contribution in [-0.2, 0) is 11.3 Å². The van der Waals surface area contributed by atoms with Gasteiger partial charge in [0.2, 0.25) is 0 Å². The highest BCUT2D eigenvalue weighted by atomic mass is 28.3. The van der Waals surface area contributed by atoms with Gasteiger partial charge in [-0.15, -0.1) is 0 Å². The lowest BCUT2D eigenvalue weighted by atomic mass is 10.0. The molecule has 4 nitrogen and oxygen atoms in total. The zero-order valence-corrected chi connectivity index (χ0v) is 16.4. The number of hydrogen-bond acceptors (Lipinski definition) is 3. The Kier molecular flexibility index (Phi) is 6.57. The van der Waals surface area contributed by atoms with Crippen LogP contribution < -0.4 is 5.32 Å². The lowest BCUT2D eigenvalue weighted by Crippen LogP contribution is -2.60. The molecule has 0 bridgehead atoms. The fourth-order valence-electron chi connectivity index (χ4n) is 3.32. The van der Waals surface area contributed by atoms with Crippen LogP contribution in [0.1, 0.15) is 25.3 Å². The predicted octanol–water partition coefficient (Wildman–Crippen LogP) is 3.92. The lowest BCUT2D eigenvalue weighted by molar-refractivity contribution is 0.0850. The molecule has 2 rings (SSSR count). The first-order valence-electron chi connectivity index (χ1n) is 8.83. The van der Waals surface area contributed by atoms with E-state index in [0.717, 1.165) is 18.9 Å². The Bertz CT molecular complexity index is 607. The van der Waals surface area contributed by atoms with Crippen molar-refractivity contribution < 1.29 is 18.3 Å². The molecule has 1 fully saturated rings. The zero-order chi connectivity index (χ0) is 18.6. The van der Waals surface area contributed by atoms with E-state index < -0.39 is 19.7 Å². The molecule has 2 unspecified atom stereocenters. The number of nitrogens with one attached hydrogen (secondary N) is 1. The van der Waals surface area contributed by atoms with Crippen LogP contribution in [0.15, 0.2) is 18.2 Å². The van der Waals surface area contributed by atoms with Gasteiger partial charge in [-0.05, 0) is 25.8 Å². The second-order valence-electron chi connectivity index (χ2n) is 7.61. The Morgan fingerprint density at radius 1 is 1.36 bits per heavy atom. The molecule has 0 aromatic heterocycles. The van der Waals surface area contributed by atoms with Gasteiger partial charge in [0.15, 0.2) is 0 Å². The molecule has 1 N–H and O–H groups in total. The largest absolute Gasteiger partial charge is 0.450 e. The van der Waals surface area contributed by atoms with Gasteiger partial charge in [-0.2, -0.15) is 0 Å². The molecule has 0 radical (unpaired) electrons. The smallest absolute Gasteiger partial charge is 0.409 e. The monoisotopic (exact) mass is 370 g/mol. The second kappa shape index (κ2) is 8.27. The van der Waals surface area contributed by atoms with E-state index in [4.69, 9.17) is 4.74 Å². The van der Waals surface area contributed by atoms with Crippen molar-refractivity contribution in [1.29, 1.82) is 0 Å². The number of likely N-dealkylation sites (tertiary alicyclic amines) is 1. The van der Waals surface area contributed by atoms with Gasteiger partial charge in [0, 0.05) is 36.4 Å². The summed E-state index contributed by atoms with van der Waals surface area (Å²) in [6.07, 6.45) is 1.39. The van der Waals surface area contributed by atoms with Crippen molar-refractivity contribution in [2.45, 2.75) is 57.7 Å². The van der Waals surface area contributed by atoms with Gasteiger partial charge < -0.3 is 15.0 Å². The average Bonchev–Trinajstić information content (AvgIpc) is 2.53. The van der Waals surface area contributed by atoms with Crippen molar-refractivity contribution in [2.75, 3.05) is 13.2 Å².